The fourth-order valence-corrected chi connectivity index (χ4v) is 4.50. The van der Waals surface area contributed by atoms with Gasteiger partial charge in [-0.15, -0.1) is 0 Å². The Morgan fingerprint density at radius 3 is 2.71 bits per heavy atom. The molecule has 3 aliphatic rings. The van der Waals surface area contributed by atoms with E-state index in [0.717, 1.165) is 26.1 Å². The molecule has 0 bridgehead atoms. The Balaban J connectivity index is 1.86. The van der Waals surface area contributed by atoms with E-state index >= 15 is 0 Å². The van der Waals surface area contributed by atoms with Crippen molar-refractivity contribution in [3.63, 3.8) is 0 Å². The second kappa shape index (κ2) is 4.36. The van der Waals surface area contributed by atoms with Gasteiger partial charge in [0.1, 0.15) is 0 Å². The van der Waals surface area contributed by atoms with Crippen LogP contribution < -0.4 is 0 Å². The van der Waals surface area contributed by atoms with Crippen molar-refractivity contribution in [2.45, 2.75) is 51.2 Å². The number of hydrogen-bond donors (Lipinski definition) is 0. The van der Waals surface area contributed by atoms with Gasteiger partial charge in [-0.05, 0) is 42.0 Å². The quantitative estimate of drug-likeness (QED) is 0.673. The normalized spacial score (nSPS) is 42.9. The summed E-state index contributed by atoms with van der Waals surface area (Å²) in [6.45, 7) is 4.00. The Bertz CT molecular complexity index is 333. The zero-order valence-corrected chi connectivity index (χ0v) is 12.1. The molecule has 0 N–H and O–H groups in total. The van der Waals surface area contributed by atoms with Gasteiger partial charge in [-0.3, -0.25) is 0 Å². The molecule has 2 aliphatic carbocycles. The molecular weight excluding hydrogens is 280 g/mol. The Morgan fingerprint density at radius 2 is 2.00 bits per heavy atom. The number of ether oxygens (including phenoxy) is 2. The van der Waals surface area contributed by atoms with Crippen LogP contribution in [0.15, 0.2) is 10.6 Å². The molecule has 2 saturated carbocycles. The maximum atomic E-state index is 5.90. The van der Waals surface area contributed by atoms with Crippen LogP contribution in [0.1, 0.15) is 45.4 Å². The first-order valence-electron chi connectivity index (χ1n) is 6.75. The summed E-state index contributed by atoms with van der Waals surface area (Å²) in [4.78, 5) is 2.16. The van der Waals surface area contributed by atoms with Crippen molar-refractivity contribution in [3.8, 4) is 0 Å². The lowest BCUT2D eigenvalue weighted by atomic mass is 9.58. The van der Waals surface area contributed by atoms with E-state index in [0.29, 0.717) is 11.3 Å². The average Bonchev–Trinajstić information content (AvgIpc) is 2.78. The van der Waals surface area contributed by atoms with E-state index in [1.807, 2.05) is 0 Å². The van der Waals surface area contributed by atoms with Gasteiger partial charge in [-0.1, -0.05) is 28.4 Å². The van der Waals surface area contributed by atoms with E-state index in [9.17, 15) is 0 Å². The summed E-state index contributed by atoms with van der Waals surface area (Å²) in [5.74, 6) is 0.394. The van der Waals surface area contributed by atoms with Crippen molar-refractivity contribution in [2.24, 2.45) is 11.3 Å². The molecule has 0 aromatic heterocycles. The zero-order chi connectivity index (χ0) is 11.9. The molecule has 0 amide bonds. The highest BCUT2D eigenvalue weighted by Gasteiger charge is 2.51. The number of hydrogen-bond acceptors (Lipinski definition) is 2. The molecule has 2 atom stereocenters. The van der Waals surface area contributed by atoms with Crippen LogP contribution in [0, 0.1) is 11.3 Å². The molecular formula is C14H21BrO2. The van der Waals surface area contributed by atoms with Crippen LogP contribution in [0.4, 0.5) is 0 Å². The average molecular weight is 301 g/mol. The topological polar surface area (TPSA) is 18.5 Å². The summed E-state index contributed by atoms with van der Waals surface area (Å²) in [6.07, 6.45) is 7.30. The predicted molar refractivity (Wildman–Crippen MR) is 70.9 cm³/mol. The van der Waals surface area contributed by atoms with Crippen molar-refractivity contribution < 1.29 is 9.47 Å². The van der Waals surface area contributed by atoms with Gasteiger partial charge >= 0.3 is 0 Å². The first-order valence-corrected chi connectivity index (χ1v) is 7.66. The molecule has 1 saturated heterocycles. The Labute approximate surface area is 112 Å². The predicted octanol–water partition coefficient (Wildman–Crippen LogP) is 4.00. The molecule has 1 heterocycles. The fourth-order valence-electron chi connectivity index (χ4n) is 3.95. The van der Waals surface area contributed by atoms with Crippen molar-refractivity contribution in [2.75, 3.05) is 13.2 Å². The van der Waals surface area contributed by atoms with Crippen LogP contribution >= 0.6 is 15.9 Å². The summed E-state index contributed by atoms with van der Waals surface area (Å²) in [7, 11) is 0. The molecule has 0 aromatic carbocycles. The molecule has 96 valence electrons. The summed E-state index contributed by atoms with van der Waals surface area (Å²) in [5, 5.41) is 0. The molecule has 0 unspecified atom stereocenters. The molecule has 3 rings (SSSR count). The number of rotatable bonds is 0. The van der Waals surface area contributed by atoms with Crippen LogP contribution in [0.5, 0.6) is 0 Å². The summed E-state index contributed by atoms with van der Waals surface area (Å²) >= 11 is 3.55. The van der Waals surface area contributed by atoms with Gasteiger partial charge in [-0.25, -0.2) is 0 Å². The minimum Gasteiger partial charge on any atom is -0.348 e. The molecule has 3 fully saturated rings. The molecule has 0 aromatic rings. The Kier molecular flexibility index (Phi) is 3.12. The first kappa shape index (κ1) is 12.2. The number of halogens is 1. The van der Waals surface area contributed by atoms with E-state index in [2.05, 4.69) is 27.8 Å². The lowest BCUT2D eigenvalue weighted by Crippen LogP contribution is -2.47. The van der Waals surface area contributed by atoms with Gasteiger partial charge in [0.05, 0.1) is 13.2 Å². The van der Waals surface area contributed by atoms with Crippen LogP contribution in [-0.4, -0.2) is 19.0 Å². The van der Waals surface area contributed by atoms with Gasteiger partial charge in [0, 0.05) is 12.8 Å². The molecule has 17 heavy (non-hydrogen) atoms. The zero-order valence-electron chi connectivity index (χ0n) is 10.5. The third-order valence-electron chi connectivity index (χ3n) is 5.05. The number of allylic oxidation sites excluding steroid dienone is 1. The lowest BCUT2D eigenvalue weighted by molar-refractivity contribution is -0.204. The lowest BCUT2D eigenvalue weighted by Gasteiger charge is -2.51. The second-order valence-corrected chi connectivity index (χ2v) is 6.51. The Morgan fingerprint density at radius 1 is 1.24 bits per heavy atom. The van der Waals surface area contributed by atoms with Crippen LogP contribution in [0.2, 0.25) is 0 Å². The minimum absolute atomic E-state index is 0.247. The monoisotopic (exact) mass is 300 g/mol. The highest BCUT2D eigenvalue weighted by Crippen LogP contribution is 2.56. The number of fused-ring (bicyclic) bond motifs is 1. The maximum absolute atomic E-state index is 5.90. The van der Waals surface area contributed by atoms with Gasteiger partial charge in [-0.2, -0.15) is 0 Å². The highest BCUT2D eigenvalue weighted by molar-refractivity contribution is 9.11. The summed E-state index contributed by atoms with van der Waals surface area (Å²) in [5.41, 5.74) is 2.04. The third kappa shape index (κ3) is 2.00. The minimum atomic E-state index is -0.247. The van der Waals surface area contributed by atoms with Gasteiger partial charge < -0.3 is 9.47 Å². The highest BCUT2D eigenvalue weighted by atomic mass is 79.9. The molecule has 1 spiro atoms. The second-order valence-electron chi connectivity index (χ2n) is 6.06. The standard InChI is InChI=1S/C14H21BrO2/c1-13-4-2-3-11(10-15)12(13)9-14(6-5-13)16-7-8-17-14/h10,12H,2-9H2,1H3/b11-10+/t12-,13-/m1/s1. The van der Waals surface area contributed by atoms with Crippen molar-refractivity contribution in [3.05, 3.63) is 10.6 Å². The van der Waals surface area contributed by atoms with Crippen molar-refractivity contribution in [1.29, 1.82) is 0 Å². The molecule has 1 aliphatic heterocycles. The van der Waals surface area contributed by atoms with Crippen LogP contribution in [-0.2, 0) is 9.47 Å². The van der Waals surface area contributed by atoms with Crippen LogP contribution in [0.25, 0.3) is 0 Å². The SMILES string of the molecule is C[C@]12CCC/C(=C\Br)[C@H]1CC1(CC2)OCCO1. The van der Waals surface area contributed by atoms with E-state index in [-0.39, 0.29) is 5.79 Å². The largest absolute Gasteiger partial charge is 0.348 e. The van der Waals surface area contributed by atoms with Crippen LogP contribution in [0.3, 0.4) is 0 Å². The smallest absolute Gasteiger partial charge is 0.169 e. The van der Waals surface area contributed by atoms with E-state index in [1.165, 1.54) is 25.7 Å². The molecule has 3 heteroatoms. The summed E-state index contributed by atoms with van der Waals surface area (Å²) < 4.78 is 11.8. The van der Waals surface area contributed by atoms with E-state index < -0.39 is 0 Å². The first-order chi connectivity index (χ1) is 8.18. The molecule has 0 radical (unpaired) electrons. The van der Waals surface area contributed by atoms with Gasteiger partial charge in [0.25, 0.3) is 0 Å². The Hall–Kier alpha value is 0.140. The van der Waals surface area contributed by atoms with E-state index in [4.69, 9.17) is 9.47 Å². The molecule has 2 nitrogen and oxygen atoms in total. The summed E-state index contributed by atoms with van der Waals surface area (Å²) in [6, 6.07) is 0. The van der Waals surface area contributed by atoms with Crippen molar-refractivity contribution in [1.82, 2.24) is 0 Å². The van der Waals surface area contributed by atoms with Gasteiger partial charge in [0.15, 0.2) is 5.79 Å². The maximum Gasteiger partial charge on any atom is 0.169 e. The van der Waals surface area contributed by atoms with Crippen molar-refractivity contribution >= 4 is 15.9 Å². The van der Waals surface area contributed by atoms with E-state index in [1.54, 1.807) is 5.57 Å². The fraction of sp³-hybridized carbons (Fsp3) is 0.857. The van der Waals surface area contributed by atoms with Gasteiger partial charge in [0.2, 0.25) is 0 Å². The third-order valence-corrected chi connectivity index (χ3v) is 5.64.